The maximum atomic E-state index is 12.1. The Morgan fingerprint density at radius 1 is 0.952 bits per heavy atom. The van der Waals surface area contributed by atoms with Gasteiger partial charge in [0.1, 0.15) is 0 Å². The minimum absolute atomic E-state index is 0.0762. The summed E-state index contributed by atoms with van der Waals surface area (Å²) in [5.74, 6) is -0.423. The van der Waals surface area contributed by atoms with Crippen molar-refractivity contribution in [1.82, 2.24) is 0 Å². The number of primary amides is 1. The number of carbonyl (C=O) groups is 2. The molecule has 0 aliphatic carbocycles. The molecule has 0 radical (unpaired) electrons. The summed E-state index contributed by atoms with van der Waals surface area (Å²) in [7, 11) is 0. The van der Waals surface area contributed by atoms with Gasteiger partial charge in [-0.05, 0) is 23.6 Å². The first-order valence-corrected chi connectivity index (χ1v) is 6.85. The minimum Gasteiger partial charge on any atom is -0.370 e. The second-order valence-corrected chi connectivity index (χ2v) is 4.83. The van der Waals surface area contributed by atoms with E-state index in [9.17, 15) is 9.59 Å². The predicted octanol–water partition coefficient (Wildman–Crippen LogP) is 2.29. The lowest BCUT2D eigenvalue weighted by molar-refractivity contribution is -0.118. The zero-order valence-electron chi connectivity index (χ0n) is 11.7. The lowest BCUT2D eigenvalue weighted by atomic mass is 10.1. The normalized spacial score (nSPS) is 10.1. The molecule has 2 aromatic carbocycles. The minimum atomic E-state index is -0.347. The van der Waals surface area contributed by atoms with Gasteiger partial charge in [0, 0.05) is 12.1 Å². The summed E-state index contributed by atoms with van der Waals surface area (Å²) >= 11 is 0. The molecule has 0 aliphatic heterocycles. The summed E-state index contributed by atoms with van der Waals surface area (Å²) in [4.78, 5) is 23.0. The van der Waals surface area contributed by atoms with Crippen LogP contribution in [0.2, 0.25) is 0 Å². The predicted molar refractivity (Wildman–Crippen MR) is 82.7 cm³/mol. The van der Waals surface area contributed by atoms with Crippen molar-refractivity contribution in [2.24, 2.45) is 5.73 Å². The number of amides is 2. The molecule has 108 valence electrons. The van der Waals surface area contributed by atoms with E-state index in [0.717, 1.165) is 16.8 Å². The highest BCUT2D eigenvalue weighted by molar-refractivity contribution is 5.93. The van der Waals surface area contributed by atoms with Gasteiger partial charge in [0.15, 0.2) is 0 Å². The number of anilines is 1. The number of rotatable bonds is 6. The van der Waals surface area contributed by atoms with Gasteiger partial charge in [-0.2, -0.15) is 0 Å². The number of hydrogen-bond donors (Lipinski definition) is 2. The molecule has 21 heavy (non-hydrogen) atoms. The first-order chi connectivity index (χ1) is 10.1. The summed E-state index contributed by atoms with van der Waals surface area (Å²) < 4.78 is 0. The van der Waals surface area contributed by atoms with Crippen LogP contribution in [-0.2, 0) is 22.4 Å². The van der Waals surface area contributed by atoms with Crippen LogP contribution in [0.25, 0.3) is 0 Å². The molecule has 4 nitrogen and oxygen atoms in total. The van der Waals surface area contributed by atoms with Crippen molar-refractivity contribution >= 4 is 17.5 Å². The maximum absolute atomic E-state index is 12.1. The Morgan fingerprint density at radius 3 is 2.33 bits per heavy atom. The molecule has 4 heteroatoms. The monoisotopic (exact) mass is 282 g/mol. The van der Waals surface area contributed by atoms with Gasteiger partial charge in [0.2, 0.25) is 11.8 Å². The summed E-state index contributed by atoms with van der Waals surface area (Å²) in [6.45, 7) is 0. The molecular weight excluding hydrogens is 264 g/mol. The van der Waals surface area contributed by atoms with Crippen molar-refractivity contribution < 1.29 is 9.59 Å². The largest absolute Gasteiger partial charge is 0.370 e. The van der Waals surface area contributed by atoms with E-state index in [1.54, 1.807) is 0 Å². The van der Waals surface area contributed by atoms with Crippen LogP contribution >= 0.6 is 0 Å². The van der Waals surface area contributed by atoms with Gasteiger partial charge >= 0.3 is 0 Å². The summed E-state index contributed by atoms with van der Waals surface area (Å²) in [5, 5.41) is 2.89. The van der Waals surface area contributed by atoms with Crippen molar-refractivity contribution in [3.8, 4) is 0 Å². The van der Waals surface area contributed by atoms with Crippen molar-refractivity contribution in [3.63, 3.8) is 0 Å². The Balaban J connectivity index is 2.01. The SMILES string of the molecule is NC(=O)CCc1ccccc1NC(=O)Cc1ccccc1. The molecule has 2 amide bonds. The first-order valence-electron chi connectivity index (χ1n) is 6.85. The lowest BCUT2D eigenvalue weighted by Gasteiger charge is -2.10. The van der Waals surface area contributed by atoms with Crippen LogP contribution in [0.4, 0.5) is 5.69 Å². The van der Waals surface area contributed by atoms with E-state index in [-0.39, 0.29) is 18.2 Å². The van der Waals surface area contributed by atoms with E-state index in [1.165, 1.54) is 0 Å². The number of para-hydroxylation sites is 1. The van der Waals surface area contributed by atoms with E-state index >= 15 is 0 Å². The van der Waals surface area contributed by atoms with Crippen LogP contribution in [0, 0.1) is 0 Å². The molecule has 0 saturated carbocycles. The van der Waals surface area contributed by atoms with Gasteiger partial charge in [0.25, 0.3) is 0 Å². The highest BCUT2D eigenvalue weighted by atomic mass is 16.1. The third-order valence-corrected chi connectivity index (χ3v) is 3.14. The standard InChI is InChI=1S/C17H18N2O2/c18-16(20)11-10-14-8-4-5-9-15(14)19-17(21)12-13-6-2-1-3-7-13/h1-9H,10-12H2,(H2,18,20)(H,19,21). The van der Waals surface area contributed by atoms with E-state index in [0.29, 0.717) is 12.8 Å². The summed E-state index contributed by atoms with van der Waals surface area (Å²) in [6.07, 6.45) is 1.12. The first kappa shape index (κ1) is 14.8. The van der Waals surface area contributed by atoms with Gasteiger partial charge in [-0.3, -0.25) is 9.59 Å². The fourth-order valence-electron chi connectivity index (χ4n) is 2.09. The quantitative estimate of drug-likeness (QED) is 0.853. The third kappa shape index (κ3) is 4.76. The molecular formula is C17H18N2O2. The molecule has 0 aliphatic rings. The molecule has 2 aromatic rings. The number of aryl methyl sites for hydroxylation is 1. The fraction of sp³-hybridized carbons (Fsp3) is 0.176. The molecule has 0 aromatic heterocycles. The number of carbonyl (C=O) groups excluding carboxylic acids is 2. The number of hydrogen-bond acceptors (Lipinski definition) is 2. The third-order valence-electron chi connectivity index (χ3n) is 3.14. The zero-order chi connectivity index (χ0) is 15.1. The molecule has 0 heterocycles. The highest BCUT2D eigenvalue weighted by Crippen LogP contribution is 2.17. The second-order valence-electron chi connectivity index (χ2n) is 4.83. The van der Waals surface area contributed by atoms with E-state index in [2.05, 4.69) is 5.32 Å². The Hall–Kier alpha value is -2.62. The van der Waals surface area contributed by atoms with Gasteiger partial charge in [-0.1, -0.05) is 48.5 Å². The van der Waals surface area contributed by atoms with Crippen molar-refractivity contribution in [1.29, 1.82) is 0 Å². The zero-order valence-corrected chi connectivity index (χ0v) is 11.7. The van der Waals surface area contributed by atoms with Crippen molar-refractivity contribution in [3.05, 3.63) is 65.7 Å². The molecule has 0 bridgehead atoms. The Morgan fingerprint density at radius 2 is 1.62 bits per heavy atom. The van der Waals surface area contributed by atoms with Crippen LogP contribution in [-0.4, -0.2) is 11.8 Å². The van der Waals surface area contributed by atoms with Crippen LogP contribution in [0.5, 0.6) is 0 Å². The van der Waals surface area contributed by atoms with Crippen LogP contribution in [0.1, 0.15) is 17.5 Å². The summed E-state index contributed by atoms with van der Waals surface area (Å²) in [5.41, 5.74) is 7.78. The second kappa shape index (κ2) is 7.24. The molecule has 0 saturated heterocycles. The van der Waals surface area contributed by atoms with Crippen LogP contribution < -0.4 is 11.1 Å². The maximum Gasteiger partial charge on any atom is 0.228 e. The Labute approximate surface area is 124 Å². The molecule has 0 unspecified atom stereocenters. The molecule has 0 spiro atoms. The van der Waals surface area contributed by atoms with Gasteiger partial charge in [0.05, 0.1) is 6.42 Å². The van der Waals surface area contributed by atoms with Gasteiger partial charge in [-0.15, -0.1) is 0 Å². The van der Waals surface area contributed by atoms with Crippen molar-refractivity contribution in [2.75, 3.05) is 5.32 Å². The Kier molecular flexibility index (Phi) is 5.10. The topological polar surface area (TPSA) is 72.2 Å². The number of nitrogens with two attached hydrogens (primary N) is 1. The smallest absolute Gasteiger partial charge is 0.228 e. The highest BCUT2D eigenvalue weighted by Gasteiger charge is 2.08. The molecule has 0 atom stereocenters. The van der Waals surface area contributed by atoms with Gasteiger partial charge in [-0.25, -0.2) is 0 Å². The average Bonchev–Trinajstić information content (AvgIpc) is 2.47. The van der Waals surface area contributed by atoms with Crippen LogP contribution in [0.3, 0.4) is 0 Å². The molecule has 0 fully saturated rings. The summed E-state index contributed by atoms with van der Waals surface area (Å²) in [6, 6.07) is 17.0. The molecule has 3 N–H and O–H groups in total. The Bertz CT molecular complexity index is 624. The number of nitrogens with one attached hydrogen (secondary N) is 1. The van der Waals surface area contributed by atoms with E-state index < -0.39 is 0 Å². The lowest BCUT2D eigenvalue weighted by Crippen LogP contribution is -2.16. The van der Waals surface area contributed by atoms with Gasteiger partial charge < -0.3 is 11.1 Å². The molecule has 2 rings (SSSR count). The number of benzene rings is 2. The van der Waals surface area contributed by atoms with Crippen molar-refractivity contribution in [2.45, 2.75) is 19.3 Å². The van der Waals surface area contributed by atoms with Crippen LogP contribution in [0.15, 0.2) is 54.6 Å². The fourth-order valence-corrected chi connectivity index (χ4v) is 2.09. The average molecular weight is 282 g/mol. The van der Waals surface area contributed by atoms with E-state index in [1.807, 2.05) is 54.6 Å². The van der Waals surface area contributed by atoms with E-state index in [4.69, 9.17) is 5.73 Å².